The van der Waals surface area contributed by atoms with Crippen molar-refractivity contribution in [3.05, 3.63) is 90.2 Å². The molecule has 10 heteroatoms. The highest BCUT2D eigenvalue weighted by Crippen LogP contribution is 2.33. The molecule has 0 aliphatic carbocycles. The molecular weight excluding hydrogens is 533 g/mol. The van der Waals surface area contributed by atoms with Gasteiger partial charge in [-0.05, 0) is 50.1 Å². The Morgan fingerprint density at radius 3 is 2.20 bits per heavy atom. The van der Waals surface area contributed by atoms with Gasteiger partial charge in [0.15, 0.2) is 0 Å². The van der Waals surface area contributed by atoms with Crippen LogP contribution in [0.25, 0.3) is 0 Å². The van der Waals surface area contributed by atoms with E-state index < -0.39 is 40.2 Å². The van der Waals surface area contributed by atoms with E-state index in [4.69, 9.17) is 4.74 Å². The van der Waals surface area contributed by atoms with Crippen LogP contribution >= 0.6 is 0 Å². The summed E-state index contributed by atoms with van der Waals surface area (Å²) in [5.74, 6) is -1.19. The third-order valence-electron chi connectivity index (χ3n) is 6.19. The first-order valence-corrected chi connectivity index (χ1v) is 14.6. The molecule has 0 saturated carbocycles. The molecule has 0 saturated heterocycles. The van der Waals surface area contributed by atoms with E-state index in [0.717, 1.165) is 4.31 Å². The lowest BCUT2D eigenvalue weighted by Crippen LogP contribution is -2.51. The highest BCUT2D eigenvalue weighted by molar-refractivity contribution is 7.92. The number of nitrogens with one attached hydrogen (secondary N) is 1. The van der Waals surface area contributed by atoms with Gasteiger partial charge in [-0.3, -0.25) is 13.9 Å². The van der Waals surface area contributed by atoms with Gasteiger partial charge >= 0.3 is 0 Å². The summed E-state index contributed by atoms with van der Waals surface area (Å²) in [5, 5.41) is 2.81. The average molecular weight is 570 g/mol. The van der Waals surface area contributed by atoms with Crippen molar-refractivity contribution in [2.45, 2.75) is 45.2 Å². The minimum atomic E-state index is -4.24. The van der Waals surface area contributed by atoms with E-state index >= 15 is 0 Å². The van der Waals surface area contributed by atoms with Gasteiger partial charge in [0.05, 0.1) is 17.2 Å². The van der Waals surface area contributed by atoms with E-state index in [1.807, 2.05) is 13.8 Å². The highest BCUT2D eigenvalue weighted by atomic mass is 32.2. The van der Waals surface area contributed by atoms with Crippen LogP contribution in [0.2, 0.25) is 0 Å². The fourth-order valence-electron chi connectivity index (χ4n) is 4.02. The second-order valence-corrected chi connectivity index (χ2v) is 11.5. The first kappa shape index (κ1) is 30.6. The first-order chi connectivity index (χ1) is 19.1. The summed E-state index contributed by atoms with van der Waals surface area (Å²) in [6, 6.07) is 19.2. The van der Waals surface area contributed by atoms with Crippen LogP contribution in [-0.2, 0) is 26.2 Å². The van der Waals surface area contributed by atoms with E-state index in [0.29, 0.717) is 6.54 Å². The zero-order valence-electron chi connectivity index (χ0n) is 23.2. The van der Waals surface area contributed by atoms with Gasteiger partial charge in [-0.15, -0.1) is 0 Å². The lowest BCUT2D eigenvalue weighted by molar-refractivity contribution is -0.139. The van der Waals surface area contributed by atoms with Crippen molar-refractivity contribution in [2.75, 3.05) is 24.0 Å². The third-order valence-corrected chi connectivity index (χ3v) is 7.97. The fraction of sp³-hybridized carbons (Fsp3) is 0.333. The van der Waals surface area contributed by atoms with Crippen LogP contribution in [-0.4, -0.2) is 50.9 Å². The molecule has 0 radical (unpaired) electrons. The number of ether oxygens (including phenoxy) is 1. The van der Waals surface area contributed by atoms with E-state index in [1.165, 1.54) is 35.2 Å². The number of hydrogen-bond acceptors (Lipinski definition) is 5. The maximum absolute atomic E-state index is 14.6. The Balaban J connectivity index is 2.06. The minimum Gasteiger partial charge on any atom is -0.492 e. The molecule has 3 aromatic carbocycles. The van der Waals surface area contributed by atoms with Crippen molar-refractivity contribution >= 4 is 27.5 Å². The molecule has 0 bridgehead atoms. The number of para-hydroxylation sites is 2. The van der Waals surface area contributed by atoms with Gasteiger partial charge < -0.3 is 15.0 Å². The Bertz CT molecular complexity index is 1400. The smallest absolute Gasteiger partial charge is 0.264 e. The van der Waals surface area contributed by atoms with E-state index in [9.17, 15) is 22.4 Å². The predicted octanol–water partition coefficient (Wildman–Crippen LogP) is 4.61. The molecule has 0 aliphatic heterocycles. The Hall–Kier alpha value is -3.92. The number of nitrogens with zero attached hydrogens (tertiary/aromatic N) is 2. The second kappa shape index (κ2) is 13.9. The summed E-state index contributed by atoms with van der Waals surface area (Å²) >= 11 is 0. The Morgan fingerprint density at radius 2 is 1.55 bits per heavy atom. The molecular formula is C30H36FN3O5S. The molecule has 1 atom stereocenters. The molecule has 1 N–H and O–H groups in total. The molecule has 3 rings (SSSR count). The Kier molecular flexibility index (Phi) is 10.7. The van der Waals surface area contributed by atoms with Gasteiger partial charge in [-0.25, -0.2) is 12.8 Å². The van der Waals surface area contributed by atoms with Crippen LogP contribution in [0, 0.1) is 11.7 Å². The van der Waals surface area contributed by atoms with Crippen molar-refractivity contribution in [1.82, 2.24) is 10.2 Å². The number of hydrogen-bond donors (Lipinski definition) is 1. The van der Waals surface area contributed by atoms with Crippen LogP contribution in [0.1, 0.15) is 33.3 Å². The number of amides is 2. The first-order valence-electron chi connectivity index (χ1n) is 13.2. The van der Waals surface area contributed by atoms with Crippen LogP contribution in [0.15, 0.2) is 83.8 Å². The summed E-state index contributed by atoms with van der Waals surface area (Å²) in [7, 11) is -4.24. The van der Waals surface area contributed by atoms with Gasteiger partial charge in [0.25, 0.3) is 10.0 Å². The molecule has 0 spiro atoms. The maximum atomic E-state index is 14.6. The Morgan fingerprint density at radius 1 is 0.925 bits per heavy atom. The van der Waals surface area contributed by atoms with Gasteiger partial charge in [-0.1, -0.05) is 62.4 Å². The SMILES string of the molecule is CCOc1ccccc1N(CC(=O)N(Cc1ccccc1F)[C@H](C)C(=O)NCC(C)C)S(=O)(=O)c1ccccc1. The molecule has 0 aliphatic rings. The van der Waals surface area contributed by atoms with Crippen LogP contribution in [0.4, 0.5) is 10.1 Å². The standard InChI is InChI=1S/C30H36FN3O5S/c1-5-39-28-18-12-11-17-27(28)34(40(37,38)25-14-7-6-8-15-25)21-29(35)33(20-24-13-9-10-16-26(24)31)23(4)30(36)32-19-22(2)3/h6-18,22-23H,5,19-21H2,1-4H3,(H,32,36)/t23-/m1/s1. The average Bonchev–Trinajstić information content (AvgIpc) is 2.94. The van der Waals surface area contributed by atoms with Crippen LogP contribution in [0.3, 0.4) is 0 Å². The van der Waals surface area contributed by atoms with Crippen molar-refractivity contribution in [1.29, 1.82) is 0 Å². The molecule has 0 aromatic heterocycles. The molecule has 8 nitrogen and oxygen atoms in total. The number of halogens is 1. The summed E-state index contributed by atoms with van der Waals surface area (Å²) in [6.45, 7) is 6.98. The molecule has 0 unspecified atom stereocenters. The van der Waals surface area contributed by atoms with Gasteiger partial charge in [0.2, 0.25) is 11.8 Å². The monoisotopic (exact) mass is 569 g/mol. The summed E-state index contributed by atoms with van der Waals surface area (Å²) < 4.78 is 49.1. The van der Waals surface area contributed by atoms with Gasteiger partial charge in [0.1, 0.15) is 24.2 Å². The topological polar surface area (TPSA) is 96.0 Å². The zero-order chi connectivity index (χ0) is 29.3. The largest absolute Gasteiger partial charge is 0.492 e. The van der Waals surface area contributed by atoms with E-state index in [2.05, 4.69) is 5.32 Å². The van der Waals surface area contributed by atoms with Crippen molar-refractivity contribution in [3.63, 3.8) is 0 Å². The highest BCUT2D eigenvalue weighted by Gasteiger charge is 2.34. The summed E-state index contributed by atoms with van der Waals surface area (Å²) in [4.78, 5) is 28.2. The van der Waals surface area contributed by atoms with Crippen LogP contribution < -0.4 is 14.4 Å². The number of carbonyl (C=O) groups excluding carboxylic acids is 2. The summed E-state index contributed by atoms with van der Waals surface area (Å²) in [5.41, 5.74) is 0.371. The van der Waals surface area contributed by atoms with Crippen molar-refractivity contribution in [3.8, 4) is 5.75 Å². The number of anilines is 1. The molecule has 2 amide bonds. The van der Waals surface area contributed by atoms with Crippen LogP contribution in [0.5, 0.6) is 5.75 Å². The van der Waals surface area contributed by atoms with Gasteiger partial charge in [-0.2, -0.15) is 0 Å². The number of benzene rings is 3. The number of carbonyl (C=O) groups is 2. The lowest BCUT2D eigenvalue weighted by Gasteiger charge is -2.32. The minimum absolute atomic E-state index is 0.0162. The predicted molar refractivity (Wildman–Crippen MR) is 153 cm³/mol. The second-order valence-electron chi connectivity index (χ2n) is 9.65. The lowest BCUT2D eigenvalue weighted by atomic mass is 10.1. The van der Waals surface area contributed by atoms with E-state index in [1.54, 1.807) is 62.4 Å². The molecule has 0 heterocycles. The number of rotatable bonds is 13. The molecule has 40 heavy (non-hydrogen) atoms. The molecule has 0 fully saturated rings. The fourth-order valence-corrected chi connectivity index (χ4v) is 5.46. The van der Waals surface area contributed by atoms with Gasteiger partial charge in [0, 0.05) is 18.7 Å². The zero-order valence-corrected chi connectivity index (χ0v) is 24.0. The van der Waals surface area contributed by atoms with Crippen molar-refractivity contribution in [2.24, 2.45) is 5.92 Å². The maximum Gasteiger partial charge on any atom is 0.264 e. The number of sulfonamides is 1. The Labute approximate surface area is 235 Å². The summed E-state index contributed by atoms with van der Waals surface area (Å²) in [6.07, 6.45) is 0. The molecule has 214 valence electrons. The third kappa shape index (κ3) is 7.59. The van der Waals surface area contributed by atoms with Crippen molar-refractivity contribution < 1.29 is 27.1 Å². The van der Waals surface area contributed by atoms with E-state index in [-0.39, 0.29) is 41.0 Å². The quantitative estimate of drug-likeness (QED) is 0.324. The normalized spacial score (nSPS) is 12.1. The molecule has 3 aromatic rings.